The van der Waals surface area contributed by atoms with E-state index >= 15 is 0 Å². The molecule has 0 atom stereocenters. The highest BCUT2D eigenvalue weighted by Gasteiger charge is 2.28. The Hall–Kier alpha value is -4.06. The molecule has 12 heteroatoms. The highest BCUT2D eigenvalue weighted by atomic mass is 79.9. The van der Waals surface area contributed by atoms with Crippen LogP contribution in [0.1, 0.15) is 27.7 Å². The minimum absolute atomic E-state index is 0.0674. The number of nitro benzene ring substituents is 1. The molecule has 0 fully saturated rings. The molecule has 4 aromatic rings. The van der Waals surface area contributed by atoms with Crippen molar-refractivity contribution in [2.24, 2.45) is 4.99 Å². The molecule has 0 saturated carbocycles. The number of esters is 2. The van der Waals surface area contributed by atoms with E-state index in [1.807, 2.05) is 18.2 Å². The van der Waals surface area contributed by atoms with Gasteiger partial charge in [0.05, 0.1) is 22.1 Å². The number of rotatable bonds is 7. The first-order valence-electron chi connectivity index (χ1n) is 11.4. The predicted molar refractivity (Wildman–Crippen MR) is 151 cm³/mol. The number of nitro groups is 1. The molecule has 0 amide bonds. The zero-order valence-electron chi connectivity index (χ0n) is 20.0. The minimum Gasteiger partial charge on any atom is -0.490 e. The van der Waals surface area contributed by atoms with E-state index in [1.54, 1.807) is 19.1 Å². The Morgan fingerprint density at radius 3 is 2.64 bits per heavy atom. The van der Waals surface area contributed by atoms with E-state index in [1.165, 1.54) is 47.7 Å². The van der Waals surface area contributed by atoms with Crippen LogP contribution in [0.2, 0.25) is 5.02 Å². The van der Waals surface area contributed by atoms with Gasteiger partial charge in [-0.2, -0.15) is 0 Å². The van der Waals surface area contributed by atoms with Crippen LogP contribution in [0.5, 0.6) is 11.5 Å². The molecule has 1 aliphatic rings. The van der Waals surface area contributed by atoms with Crippen molar-refractivity contribution in [1.29, 1.82) is 0 Å². The quantitative estimate of drug-likeness (QED) is 0.0700. The monoisotopic (exact) mass is 626 g/mol. The average molecular weight is 628 g/mol. The summed E-state index contributed by atoms with van der Waals surface area (Å²) in [6, 6.07) is 15.5. The maximum Gasteiger partial charge on any atom is 0.363 e. The van der Waals surface area contributed by atoms with E-state index in [0.29, 0.717) is 15.5 Å². The molecule has 0 N–H and O–H groups in total. The van der Waals surface area contributed by atoms with Gasteiger partial charge >= 0.3 is 11.9 Å². The summed E-state index contributed by atoms with van der Waals surface area (Å²) in [5.41, 5.74) is 0.615. The number of aliphatic imine (C=N–C) groups is 1. The average Bonchev–Trinajstić information content (AvgIpc) is 3.44. The molecule has 2 heterocycles. The lowest BCUT2D eigenvalue weighted by molar-refractivity contribution is -0.384. The van der Waals surface area contributed by atoms with Crippen LogP contribution in [0.3, 0.4) is 0 Å². The zero-order chi connectivity index (χ0) is 27.7. The van der Waals surface area contributed by atoms with Crippen molar-refractivity contribution in [2.75, 3.05) is 6.61 Å². The first-order chi connectivity index (χ1) is 18.7. The molecule has 5 rings (SSSR count). The molecule has 196 valence electrons. The number of benzene rings is 3. The zero-order valence-corrected chi connectivity index (χ0v) is 23.1. The lowest BCUT2D eigenvalue weighted by Crippen LogP contribution is -2.10. The standard InChI is InChI=1S/C27H16BrClN2O7S/c1-2-36-21-12-14(3-10-20(21)37-26(32)15-4-7-17(8-5-15)31(34)35)11-19-27(33)38-25(30-19)24-23(29)18-9-6-16(28)13-22(18)39-24/h3-13H,2H2,1H3/b19-11+. The summed E-state index contributed by atoms with van der Waals surface area (Å²) >= 11 is 11.3. The van der Waals surface area contributed by atoms with Crippen LogP contribution < -0.4 is 9.47 Å². The number of fused-ring (bicyclic) bond motifs is 1. The number of carbonyl (C=O) groups is 2. The topological polar surface area (TPSA) is 117 Å². The van der Waals surface area contributed by atoms with Gasteiger partial charge in [0, 0.05) is 26.7 Å². The van der Waals surface area contributed by atoms with Gasteiger partial charge in [-0.15, -0.1) is 11.3 Å². The maximum atomic E-state index is 12.6. The molecule has 1 aromatic heterocycles. The second-order valence-electron chi connectivity index (χ2n) is 8.05. The third-order valence-corrected chi connectivity index (χ3v) is 7.63. The van der Waals surface area contributed by atoms with Crippen LogP contribution in [0.4, 0.5) is 5.69 Å². The summed E-state index contributed by atoms with van der Waals surface area (Å²) in [7, 11) is 0. The van der Waals surface area contributed by atoms with Crippen molar-refractivity contribution in [3.05, 3.63) is 102 Å². The van der Waals surface area contributed by atoms with Crippen molar-refractivity contribution >= 4 is 78.6 Å². The van der Waals surface area contributed by atoms with E-state index in [2.05, 4.69) is 20.9 Å². The molecule has 0 bridgehead atoms. The van der Waals surface area contributed by atoms with Crippen LogP contribution in [0.15, 0.2) is 75.8 Å². The summed E-state index contributed by atoms with van der Waals surface area (Å²) in [4.78, 5) is 40.4. The Morgan fingerprint density at radius 2 is 1.92 bits per heavy atom. The molecule has 0 spiro atoms. The van der Waals surface area contributed by atoms with Gasteiger partial charge < -0.3 is 14.2 Å². The largest absolute Gasteiger partial charge is 0.490 e. The van der Waals surface area contributed by atoms with Crippen molar-refractivity contribution in [3.63, 3.8) is 0 Å². The summed E-state index contributed by atoms with van der Waals surface area (Å²) in [6.07, 6.45) is 1.53. The highest BCUT2D eigenvalue weighted by molar-refractivity contribution is 9.10. The minimum atomic E-state index is -0.710. The Morgan fingerprint density at radius 1 is 1.15 bits per heavy atom. The number of hydrogen-bond acceptors (Lipinski definition) is 9. The highest BCUT2D eigenvalue weighted by Crippen LogP contribution is 2.39. The Balaban J connectivity index is 1.40. The van der Waals surface area contributed by atoms with Gasteiger partial charge in [-0.1, -0.05) is 39.7 Å². The third-order valence-electron chi connectivity index (χ3n) is 5.49. The lowest BCUT2D eigenvalue weighted by atomic mass is 10.1. The van der Waals surface area contributed by atoms with Crippen molar-refractivity contribution in [3.8, 4) is 11.5 Å². The van der Waals surface area contributed by atoms with E-state index in [-0.39, 0.29) is 41.0 Å². The van der Waals surface area contributed by atoms with Crippen molar-refractivity contribution < 1.29 is 28.7 Å². The summed E-state index contributed by atoms with van der Waals surface area (Å²) < 4.78 is 18.3. The first-order valence-corrected chi connectivity index (χ1v) is 13.4. The third kappa shape index (κ3) is 5.56. The van der Waals surface area contributed by atoms with Crippen LogP contribution in [-0.4, -0.2) is 29.4 Å². The fourth-order valence-electron chi connectivity index (χ4n) is 3.69. The first kappa shape index (κ1) is 26.5. The van der Waals surface area contributed by atoms with Gasteiger partial charge in [0.1, 0.15) is 4.88 Å². The summed E-state index contributed by atoms with van der Waals surface area (Å²) in [5, 5.41) is 12.1. The van der Waals surface area contributed by atoms with Crippen LogP contribution in [-0.2, 0) is 9.53 Å². The van der Waals surface area contributed by atoms with Gasteiger partial charge in [0.2, 0.25) is 5.90 Å². The molecule has 1 aliphatic heterocycles. The fraction of sp³-hybridized carbons (Fsp3) is 0.0741. The Labute approximate surface area is 238 Å². The molecule has 0 radical (unpaired) electrons. The molecule has 0 unspecified atom stereocenters. The summed E-state index contributed by atoms with van der Waals surface area (Å²) in [6.45, 7) is 2.05. The normalized spacial score (nSPS) is 13.9. The van der Waals surface area contributed by atoms with Gasteiger partial charge in [-0.25, -0.2) is 14.6 Å². The van der Waals surface area contributed by atoms with E-state index < -0.39 is 16.9 Å². The number of non-ortho nitro benzene ring substituents is 1. The van der Waals surface area contributed by atoms with Gasteiger partial charge in [-0.3, -0.25) is 10.1 Å². The second kappa shape index (κ2) is 11.0. The number of ether oxygens (including phenoxy) is 3. The summed E-state index contributed by atoms with van der Waals surface area (Å²) in [5.74, 6) is -0.823. The smallest absolute Gasteiger partial charge is 0.363 e. The maximum absolute atomic E-state index is 12.6. The number of thiophene rings is 1. The second-order valence-corrected chi connectivity index (χ2v) is 10.4. The molecule has 0 saturated heterocycles. The van der Waals surface area contributed by atoms with Crippen molar-refractivity contribution in [1.82, 2.24) is 0 Å². The van der Waals surface area contributed by atoms with E-state index in [9.17, 15) is 19.7 Å². The van der Waals surface area contributed by atoms with Crippen LogP contribution in [0, 0.1) is 10.1 Å². The van der Waals surface area contributed by atoms with Crippen LogP contribution in [0.25, 0.3) is 16.2 Å². The Bertz CT molecular complexity index is 1710. The molecule has 0 aliphatic carbocycles. The predicted octanol–water partition coefficient (Wildman–Crippen LogP) is 7.19. The lowest BCUT2D eigenvalue weighted by Gasteiger charge is -2.11. The number of halogens is 2. The van der Waals surface area contributed by atoms with Crippen LogP contribution >= 0.6 is 38.9 Å². The number of carbonyl (C=O) groups excluding carboxylic acids is 2. The molecular formula is C27H16BrClN2O7S. The number of nitrogens with zero attached hydrogens (tertiary/aromatic N) is 2. The van der Waals surface area contributed by atoms with E-state index in [0.717, 1.165) is 14.6 Å². The molecule has 3 aromatic carbocycles. The SMILES string of the molecule is CCOc1cc(/C=C2/N=C(c3sc4cc(Br)ccc4c3Cl)OC2=O)ccc1OC(=O)c1ccc([N+](=O)[O-])cc1. The van der Waals surface area contributed by atoms with Gasteiger partial charge in [-0.05, 0) is 55.0 Å². The molecule has 9 nitrogen and oxygen atoms in total. The molecular weight excluding hydrogens is 612 g/mol. The van der Waals surface area contributed by atoms with E-state index in [4.69, 9.17) is 25.8 Å². The van der Waals surface area contributed by atoms with Gasteiger partial charge in [0.15, 0.2) is 17.2 Å². The number of hydrogen-bond donors (Lipinski definition) is 0. The number of cyclic esters (lactones) is 1. The van der Waals surface area contributed by atoms with Crippen molar-refractivity contribution in [2.45, 2.75) is 6.92 Å². The molecule has 39 heavy (non-hydrogen) atoms. The Kier molecular flexibility index (Phi) is 7.47. The fourth-order valence-corrected chi connectivity index (χ4v) is 5.68. The van der Waals surface area contributed by atoms with Gasteiger partial charge in [0.25, 0.3) is 5.69 Å².